The van der Waals surface area contributed by atoms with Crippen LogP contribution >= 0.6 is 0 Å². The molecule has 0 fully saturated rings. The largest absolute Gasteiger partial charge is 0.292 e. The van der Waals surface area contributed by atoms with Crippen LogP contribution in [0.4, 0.5) is 0 Å². The third-order valence-corrected chi connectivity index (χ3v) is 12.9. The Kier molecular flexibility index (Phi) is 5.94. The van der Waals surface area contributed by atoms with Crippen LogP contribution in [0.1, 0.15) is 25.0 Å². The van der Waals surface area contributed by atoms with Gasteiger partial charge in [-0.25, -0.2) is 9.97 Å². The summed E-state index contributed by atoms with van der Waals surface area (Å²) in [5, 5.41) is 7.14. The van der Waals surface area contributed by atoms with Crippen LogP contribution in [0.15, 0.2) is 170 Å². The number of nitrogens with zero attached hydrogens (tertiary/aromatic N) is 4. The first-order chi connectivity index (χ1) is 28.0. The maximum atomic E-state index is 5.30. The summed E-state index contributed by atoms with van der Waals surface area (Å²) < 4.78 is 4.67. The van der Waals surface area contributed by atoms with E-state index in [1.54, 1.807) is 0 Å². The van der Waals surface area contributed by atoms with Crippen LogP contribution in [0, 0.1) is 0 Å². The average Bonchev–Trinajstić information content (AvgIpc) is 3.92. The molecule has 0 bridgehead atoms. The molecule has 266 valence electrons. The van der Waals surface area contributed by atoms with Crippen LogP contribution in [-0.4, -0.2) is 18.8 Å². The number of fused-ring (bicyclic) bond motifs is 19. The second-order valence-electron chi connectivity index (χ2n) is 16.2. The van der Waals surface area contributed by atoms with Gasteiger partial charge in [0.1, 0.15) is 11.3 Å². The van der Waals surface area contributed by atoms with E-state index in [9.17, 15) is 0 Å². The molecule has 0 saturated carbocycles. The Hall–Kier alpha value is -7.30. The second-order valence-corrected chi connectivity index (χ2v) is 16.2. The molecule has 1 aliphatic carbocycles. The van der Waals surface area contributed by atoms with Gasteiger partial charge < -0.3 is 0 Å². The molecule has 13 rings (SSSR count). The summed E-state index contributed by atoms with van der Waals surface area (Å²) in [7, 11) is 0. The van der Waals surface area contributed by atoms with Crippen molar-refractivity contribution in [2.45, 2.75) is 19.3 Å². The Balaban J connectivity index is 1.15. The van der Waals surface area contributed by atoms with Gasteiger partial charge in [-0.3, -0.25) is 8.80 Å². The maximum absolute atomic E-state index is 5.30. The van der Waals surface area contributed by atoms with Gasteiger partial charge in [0.2, 0.25) is 0 Å². The normalized spacial score (nSPS) is 13.6. The van der Waals surface area contributed by atoms with Gasteiger partial charge >= 0.3 is 0 Å². The Morgan fingerprint density at radius 2 is 0.912 bits per heavy atom. The number of aromatic nitrogens is 4. The topological polar surface area (TPSA) is 34.6 Å². The molecule has 4 aromatic heterocycles. The molecular weight excluding hydrogens is 693 g/mol. The Bertz CT molecular complexity index is 3730. The van der Waals surface area contributed by atoms with Gasteiger partial charge in [0.05, 0.1) is 33.1 Å². The van der Waals surface area contributed by atoms with E-state index in [4.69, 9.17) is 9.97 Å². The minimum atomic E-state index is -0.145. The van der Waals surface area contributed by atoms with E-state index in [2.05, 4.69) is 193 Å². The van der Waals surface area contributed by atoms with E-state index >= 15 is 0 Å². The van der Waals surface area contributed by atoms with Crippen LogP contribution < -0.4 is 0 Å². The van der Waals surface area contributed by atoms with Gasteiger partial charge in [0.25, 0.3) is 0 Å². The highest BCUT2D eigenvalue weighted by Crippen LogP contribution is 2.55. The van der Waals surface area contributed by atoms with Gasteiger partial charge in [-0.2, -0.15) is 0 Å². The van der Waals surface area contributed by atoms with Gasteiger partial charge in [-0.05, 0) is 110 Å². The predicted molar refractivity (Wildman–Crippen MR) is 237 cm³/mol. The Morgan fingerprint density at radius 3 is 1.63 bits per heavy atom. The molecule has 4 heterocycles. The summed E-state index contributed by atoms with van der Waals surface area (Å²) >= 11 is 0. The predicted octanol–water partition coefficient (Wildman–Crippen LogP) is 13.5. The van der Waals surface area contributed by atoms with Crippen LogP contribution in [0.25, 0.3) is 110 Å². The summed E-state index contributed by atoms with van der Waals surface area (Å²) in [6.45, 7) is 4.74. The first-order valence-corrected chi connectivity index (χ1v) is 19.8. The molecule has 0 atom stereocenters. The van der Waals surface area contributed by atoms with Crippen LogP contribution in [0.2, 0.25) is 0 Å². The second kappa shape index (κ2) is 10.9. The molecule has 8 aromatic carbocycles. The van der Waals surface area contributed by atoms with Gasteiger partial charge in [0.15, 0.2) is 0 Å². The fraction of sp³-hybridized carbons (Fsp3) is 0.0566. The Labute approximate surface area is 327 Å². The zero-order valence-electron chi connectivity index (χ0n) is 31.5. The van der Waals surface area contributed by atoms with Crippen molar-refractivity contribution in [3.63, 3.8) is 0 Å². The molecule has 0 saturated heterocycles. The molecule has 57 heavy (non-hydrogen) atoms. The molecule has 0 radical (unpaired) electrons. The van der Waals surface area contributed by atoms with Crippen molar-refractivity contribution in [2.24, 2.45) is 0 Å². The minimum absolute atomic E-state index is 0.145. The molecule has 0 aliphatic heterocycles. The van der Waals surface area contributed by atoms with E-state index < -0.39 is 0 Å². The van der Waals surface area contributed by atoms with E-state index in [1.165, 1.54) is 71.6 Å². The summed E-state index contributed by atoms with van der Waals surface area (Å²) in [6.07, 6.45) is 0. The van der Waals surface area contributed by atoms with Gasteiger partial charge in [0, 0.05) is 27.0 Å². The zero-order valence-corrected chi connectivity index (χ0v) is 31.5. The number of benzene rings is 8. The monoisotopic (exact) mass is 726 g/mol. The Morgan fingerprint density at radius 1 is 0.368 bits per heavy atom. The van der Waals surface area contributed by atoms with Crippen LogP contribution in [0.5, 0.6) is 0 Å². The SMILES string of the molecule is CC1(C)c2ccccc2-c2c1ccc(-c1ccc3c(c1)c1ccccc1n1c4ccccc4nc31)c2-c1ccc2c3ccccc3n3c4ccccc4nc3c2c1. The first-order valence-electron chi connectivity index (χ1n) is 19.8. The number of imidazole rings is 2. The molecule has 0 amide bonds. The highest BCUT2D eigenvalue weighted by Gasteiger charge is 2.37. The summed E-state index contributed by atoms with van der Waals surface area (Å²) in [5.74, 6) is 0. The lowest BCUT2D eigenvalue weighted by atomic mass is 9.80. The molecule has 1 aliphatic rings. The van der Waals surface area contributed by atoms with Crippen molar-refractivity contribution < 1.29 is 0 Å². The highest BCUT2D eigenvalue weighted by molar-refractivity contribution is 6.17. The number of para-hydroxylation sites is 6. The van der Waals surface area contributed by atoms with Crippen molar-refractivity contribution in [2.75, 3.05) is 0 Å². The molecule has 0 spiro atoms. The minimum Gasteiger partial charge on any atom is -0.292 e. The molecule has 4 nitrogen and oxygen atoms in total. The smallest absolute Gasteiger partial charge is 0.146 e. The van der Waals surface area contributed by atoms with Crippen molar-refractivity contribution in [3.05, 3.63) is 181 Å². The molecule has 0 unspecified atom stereocenters. The first kappa shape index (κ1) is 31.0. The lowest BCUT2D eigenvalue weighted by molar-refractivity contribution is 0.660. The van der Waals surface area contributed by atoms with Crippen LogP contribution in [-0.2, 0) is 5.41 Å². The summed E-state index contributed by atoms with van der Waals surface area (Å²) in [4.78, 5) is 10.5. The van der Waals surface area contributed by atoms with Crippen molar-refractivity contribution in [3.8, 4) is 33.4 Å². The zero-order chi connectivity index (χ0) is 37.6. The van der Waals surface area contributed by atoms with E-state index in [0.29, 0.717) is 0 Å². The highest BCUT2D eigenvalue weighted by atomic mass is 15.0. The number of hydrogen-bond acceptors (Lipinski definition) is 2. The third-order valence-electron chi connectivity index (χ3n) is 12.9. The standard InChI is InChI=1S/C53H34N4/c1-53(2)41-16-6-3-15-38(41)50-42(53)28-27-33(31-23-26-37-39(29-31)36-14-5-10-20-46(36)56-47-21-11-7-17-43(47)54-51(37)56)49(50)32-24-25-34-35-13-4-9-19-45(35)57-48-22-12-8-18-44(48)55-52(57)40(34)30-32/h3-30H,1-2H3. The van der Waals surface area contributed by atoms with E-state index in [1.807, 2.05) is 0 Å². The lowest BCUT2D eigenvalue weighted by Gasteiger charge is -2.23. The van der Waals surface area contributed by atoms with Crippen molar-refractivity contribution >= 4 is 76.7 Å². The molecule has 4 heteroatoms. The van der Waals surface area contributed by atoms with E-state index in [-0.39, 0.29) is 5.41 Å². The number of rotatable bonds is 2. The fourth-order valence-electron chi connectivity index (χ4n) is 10.3. The number of pyridine rings is 2. The maximum Gasteiger partial charge on any atom is 0.146 e. The van der Waals surface area contributed by atoms with Crippen LogP contribution in [0.3, 0.4) is 0 Å². The van der Waals surface area contributed by atoms with E-state index in [0.717, 1.165) is 49.7 Å². The summed E-state index contributed by atoms with van der Waals surface area (Å²) in [5.41, 5.74) is 18.6. The van der Waals surface area contributed by atoms with Crippen molar-refractivity contribution in [1.29, 1.82) is 0 Å². The lowest BCUT2D eigenvalue weighted by Crippen LogP contribution is -2.14. The summed E-state index contributed by atoms with van der Waals surface area (Å²) in [6, 6.07) is 62.3. The average molecular weight is 727 g/mol. The van der Waals surface area contributed by atoms with Gasteiger partial charge in [-0.1, -0.05) is 129 Å². The van der Waals surface area contributed by atoms with Gasteiger partial charge in [-0.15, -0.1) is 0 Å². The quantitative estimate of drug-likeness (QED) is 0.166. The molecule has 12 aromatic rings. The molecule has 0 N–H and O–H groups in total. The van der Waals surface area contributed by atoms with Crippen molar-refractivity contribution in [1.82, 2.24) is 18.8 Å². The number of hydrogen-bond donors (Lipinski definition) is 0. The fourth-order valence-corrected chi connectivity index (χ4v) is 10.3. The third kappa shape index (κ3) is 4.01. The molecular formula is C53H34N4.